The van der Waals surface area contributed by atoms with E-state index < -0.39 is 0 Å². The van der Waals surface area contributed by atoms with Gasteiger partial charge in [-0.1, -0.05) is 19.9 Å². The normalized spacial score (nSPS) is 46.1. The van der Waals surface area contributed by atoms with Gasteiger partial charge in [0.1, 0.15) is 12.1 Å². The molecule has 0 aromatic carbocycles. The summed E-state index contributed by atoms with van der Waals surface area (Å²) >= 11 is 0. The monoisotopic (exact) mass is 374 g/mol. The molecule has 0 heterocycles. The van der Waals surface area contributed by atoms with E-state index in [2.05, 4.69) is 25.4 Å². The Morgan fingerprint density at radius 3 is 2.81 bits per heavy atom. The van der Waals surface area contributed by atoms with Gasteiger partial charge in [0.15, 0.2) is 0 Å². The highest BCUT2D eigenvalue weighted by Gasteiger charge is 2.62. The summed E-state index contributed by atoms with van der Waals surface area (Å²) in [5.74, 6) is 2.23. The van der Waals surface area contributed by atoms with Gasteiger partial charge in [0, 0.05) is 30.0 Å². The number of carbonyl (C=O) groups excluding carboxylic acids is 2. The number of nitrogens with two attached hydrogens (primary N) is 1. The molecule has 7 atom stereocenters. The van der Waals surface area contributed by atoms with Gasteiger partial charge in [-0.2, -0.15) is 0 Å². The molecule has 0 radical (unpaired) electrons. The lowest BCUT2D eigenvalue weighted by molar-refractivity contribution is -0.146. The van der Waals surface area contributed by atoms with Crippen LogP contribution in [0.2, 0.25) is 0 Å². The highest BCUT2D eigenvalue weighted by molar-refractivity contribution is 5.87. The van der Waals surface area contributed by atoms with Crippen LogP contribution in [0.5, 0.6) is 0 Å². The molecule has 150 valence electrons. The van der Waals surface area contributed by atoms with Gasteiger partial charge in [-0.3, -0.25) is 15.1 Å². The number of allylic oxidation sites excluding steroid dienone is 2. The average molecular weight is 375 g/mol. The zero-order chi connectivity index (χ0) is 19.2. The quantitative estimate of drug-likeness (QED) is 0.439. The largest absolute Gasteiger partial charge is 0.328 e. The second-order valence-electron chi connectivity index (χ2n) is 9.79. The van der Waals surface area contributed by atoms with Crippen molar-refractivity contribution in [3.8, 4) is 0 Å². The van der Waals surface area contributed by atoms with Gasteiger partial charge >= 0.3 is 0 Å². The van der Waals surface area contributed by atoms with E-state index in [9.17, 15) is 9.59 Å². The smallest absolute Gasteiger partial charge is 0.139 e. The average Bonchev–Trinajstić information content (AvgIpc) is 2.96. The van der Waals surface area contributed by atoms with Gasteiger partial charge in [0.05, 0.1) is 6.61 Å². The number of aldehydes is 1. The molecule has 27 heavy (non-hydrogen) atoms. The van der Waals surface area contributed by atoms with Crippen molar-refractivity contribution in [2.45, 2.75) is 58.8 Å². The first-order valence-corrected chi connectivity index (χ1v) is 10.7. The molecule has 5 heteroatoms. The van der Waals surface area contributed by atoms with Crippen molar-refractivity contribution in [1.29, 1.82) is 0 Å². The van der Waals surface area contributed by atoms with Crippen LogP contribution in [0.15, 0.2) is 11.8 Å². The summed E-state index contributed by atoms with van der Waals surface area (Å²) in [6.07, 6.45) is 10.3. The minimum atomic E-state index is -0.182. The fraction of sp³-hybridized carbons (Fsp3) is 0.818. The number of nitrogens with one attached hydrogen (secondary N) is 1. The molecule has 2 unspecified atom stereocenters. The fourth-order valence-corrected chi connectivity index (χ4v) is 7.12. The Hall–Kier alpha value is -1.20. The Morgan fingerprint density at radius 2 is 2.07 bits per heavy atom. The highest BCUT2D eigenvalue weighted by atomic mass is 16.6. The Kier molecular flexibility index (Phi) is 4.96. The van der Waals surface area contributed by atoms with Gasteiger partial charge < -0.3 is 10.5 Å². The first-order valence-electron chi connectivity index (χ1n) is 10.7. The van der Waals surface area contributed by atoms with Crippen LogP contribution in [0.25, 0.3) is 0 Å². The third-order valence-electron chi connectivity index (χ3n) is 8.69. The summed E-state index contributed by atoms with van der Waals surface area (Å²) in [5.41, 5.74) is 9.74. The van der Waals surface area contributed by atoms with Crippen LogP contribution in [0.4, 0.5) is 0 Å². The number of rotatable bonds is 5. The van der Waals surface area contributed by atoms with Gasteiger partial charge in [0.25, 0.3) is 0 Å². The van der Waals surface area contributed by atoms with E-state index in [0.717, 1.165) is 44.2 Å². The van der Waals surface area contributed by atoms with Gasteiger partial charge in [-0.05, 0) is 67.6 Å². The maximum absolute atomic E-state index is 12.6. The van der Waals surface area contributed by atoms with Crippen LogP contribution < -0.4 is 11.2 Å². The van der Waals surface area contributed by atoms with Gasteiger partial charge in [0.2, 0.25) is 0 Å². The lowest BCUT2D eigenvalue weighted by Gasteiger charge is -2.60. The summed E-state index contributed by atoms with van der Waals surface area (Å²) < 4.78 is 0. The molecule has 4 aliphatic carbocycles. The molecule has 3 N–H and O–H groups in total. The fourth-order valence-electron chi connectivity index (χ4n) is 7.12. The number of hydrogen-bond donors (Lipinski definition) is 2. The van der Waals surface area contributed by atoms with Crippen molar-refractivity contribution < 1.29 is 14.4 Å². The van der Waals surface area contributed by atoms with E-state index in [4.69, 9.17) is 10.6 Å². The first kappa shape index (κ1) is 19.1. The predicted molar refractivity (Wildman–Crippen MR) is 103 cm³/mol. The number of Topliss-reactive ketones (excluding diaryl/α,β-unsaturated/α-hetero) is 1. The van der Waals surface area contributed by atoms with Gasteiger partial charge in [-0.25, -0.2) is 0 Å². The van der Waals surface area contributed by atoms with Crippen molar-refractivity contribution >= 4 is 12.1 Å². The molecule has 0 aromatic rings. The number of ketones is 1. The van der Waals surface area contributed by atoms with Crippen LogP contribution in [-0.4, -0.2) is 25.2 Å². The van der Waals surface area contributed by atoms with Crippen molar-refractivity contribution in [2.75, 3.05) is 13.2 Å². The van der Waals surface area contributed by atoms with E-state index >= 15 is 0 Å². The van der Waals surface area contributed by atoms with Crippen molar-refractivity contribution in [3.63, 3.8) is 0 Å². The maximum Gasteiger partial charge on any atom is 0.139 e. The number of hydroxylamine groups is 1. The van der Waals surface area contributed by atoms with E-state index in [1.165, 1.54) is 6.29 Å². The molecular formula is C22H34N2O3. The minimum absolute atomic E-state index is 0.0733. The number of fused-ring (bicyclic) bond motifs is 5. The molecule has 0 aromatic heterocycles. The number of carbonyl (C=O) groups is 2. The Bertz CT molecular complexity index is 647. The van der Waals surface area contributed by atoms with Crippen LogP contribution in [0.1, 0.15) is 58.8 Å². The summed E-state index contributed by atoms with van der Waals surface area (Å²) in [4.78, 5) is 30.1. The lowest BCUT2D eigenvalue weighted by atomic mass is 9.44. The van der Waals surface area contributed by atoms with Crippen LogP contribution in [-0.2, 0) is 14.4 Å². The van der Waals surface area contributed by atoms with Crippen LogP contribution in [0, 0.1) is 40.4 Å². The van der Waals surface area contributed by atoms with Crippen molar-refractivity contribution in [1.82, 2.24) is 5.48 Å². The van der Waals surface area contributed by atoms with Crippen LogP contribution >= 0.6 is 0 Å². The molecule has 4 rings (SSSR count). The van der Waals surface area contributed by atoms with E-state index in [0.29, 0.717) is 49.0 Å². The summed E-state index contributed by atoms with van der Waals surface area (Å²) in [6, 6.07) is 0. The number of hydrogen-bond acceptors (Lipinski definition) is 5. The standard InChI is InChI=1S/C22H34N2O3/c1-21-7-5-16(24-27-10-9-23)12-15(21)11-14(13-25)20-17-3-4-19(26)22(17,2)8-6-18(20)21/h12-15,17-18,20,24H,3-11,23H2,1-2H3/t14?,15?,17-,18-,20-,21-,22-/m0/s1. The molecule has 0 bridgehead atoms. The Morgan fingerprint density at radius 1 is 1.26 bits per heavy atom. The summed E-state index contributed by atoms with van der Waals surface area (Å²) in [7, 11) is 0. The molecule has 3 fully saturated rings. The lowest BCUT2D eigenvalue weighted by Crippen LogP contribution is -2.56. The zero-order valence-electron chi connectivity index (χ0n) is 16.7. The summed E-state index contributed by atoms with van der Waals surface area (Å²) in [5, 5.41) is 0. The van der Waals surface area contributed by atoms with Gasteiger partial charge in [-0.15, -0.1) is 0 Å². The Balaban J connectivity index is 1.61. The topological polar surface area (TPSA) is 81.4 Å². The van der Waals surface area contributed by atoms with E-state index in [1.807, 2.05) is 0 Å². The third-order valence-corrected chi connectivity index (χ3v) is 8.69. The molecular weight excluding hydrogens is 340 g/mol. The maximum atomic E-state index is 12.6. The van der Waals surface area contributed by atoms with E-state index in [-0.39, 0.29) is 16.7 Å². The molecule has 0 aliphatic heterocycles. The highest BCUT2D eigenvalue weighted by Crippen LogP contribution is 2.66. The molecule has 3 saturated carbocycles. The van der Waals surface area contributed by atoms with Crippen molar-refractivity contribution in [3.05, 3.63) is 11.8 Å². The SMILES string of the molecule is C[C@]12CCC(NOCCN)=CC1CC(C=O)[C@@H]1[C@@H]2CC[C@]2(C)C(=O)CC[C@@H]12. The minimum Gasteiger partial charge on any atom is -0.328 e. The predicted octanol–water partition coefficient (Wildman–Crippen LogP) is 3.00. The second kappa shape index (κ2) is 7.00. The third kappa shape index (κ3) is 2.89. The summed E-state index contributed by atoms with van der Waals surface area (Å²) in [6.45, 7) is 5.60. The molecule has 5 nitrogen and oxygen atoms in total. The van der Waals surface area contributed by atoms with Crippen LogP contribution in [0.3, 0.4) is 0 Å². The Labute approximate surface area is 162 Å². The first-order chi connectivity index (χ1) is 12.9. The van der Waals surface area contributed by atoms with E-state index in [1.54, 1.807) is 0 Å². The molecule has 0 spiro atoms. The molecule has 4 aliphatic rings. The molecule has 0 amide bonds. The second-order valence-corrected chi connectivity index (χ2v) is 9.79. The zero-order valence-corrected chi connectivity index (χ0v) is 16.7. The van der Waals surface area contributed by atoms with Crippen molar-refractivity contribution in [2.24, 2.45) is 46.2 Å². The molecule has 0 saturated heterocycles.